The normalized spacial score (nSPS) is 19.8. The molecule has 3 rings (SSSR count). The van der Waals surface area contributed by atoms with Crippen molar-refractivity contribution in [2.45, 2.75) is 52.0 Å². The van der Waals surface area contributed by atoms with Gasteiger partial charge in [0.05, 0.1) is 12.1 Å². The topological polar surface area (TPSA) is 65.8 Å². The zero-order chi connectivity index (χ0) is 17.8. The van der Waals surface area contributed by atoms with Crippen LogP contribution in [0.3, 0.4) is 0 Å². The van der Waals surface area contributed by atoms with Crippen molar-refractivity contribution in [3.05, 3.63) is 23.2 Å². The third-order valence-electron chi connectivity index (χ3n) is 5.27. The monoisotopic (exact) mass is 347 g/mol. The summed E-state index contributed by atoms with van der Waals surface area (Å²) in [7, 11) is 0. The van der Waals surface area contributed by atoms with Gasteiger partial charge in [0, 0.05) is 32.2 Å². The van der Waals surface area contributed by atoms with E-state index in [1.165, 1.54) is 19.3 Å². The summed E-state index contributed by atoms with van der Waals surface area (Å²) in [5.74, 6) is 1.59. The highest BCUT2D eigenvalue weighted by atomic mass is 16.3. The Bertz CT molecular complexity index is 611. The van der Waals surface area contributed by atoms with Crippen molar-refractivity contribution in [1.29, 1.82) is 0 Å². The van der Waals surface area contributed by atoms with Gasteiger partial charge < -0.3 is 14.6 Å². The molecular formula is C19H29N3O3. The number of furan rings is 1. The fraction of sp³-hybridized carbons (Fsp3) is 0.684. The van der Waals surface area contributed by atoms with E-state index in [-0.39, 0.29) is 11.8 Å². The lowest BCUT2D eigenvalue weighted by Gasteiger charge is -2.34. The quantitative estimate of drug-likeness (QED) is 0.906. The van der Waals surface area contributed by atoms with Gasteiger partial charge in [-0.2, -0.15) is 0 Å². The molecule has 0 bridgehead atoms. The van der Waals surface area contributed by atoms with Crippen molar-refractivity contribution < 1.29 is 14.0 Å². The molecule has 2 fully saturated rings. The first-order chi connectivity index (χ1) is 12.0. The molecule has 0 spiro atoms. The smallest absolute Gasteiger partial charge is 0.257 e. The minimum atomic E-state index is 0.0284. The molecule has 1 aliphatic carbocycles. The van der Waals surface area contributed by atoms with Crippen molar-refractivity contribution >= 4 is 11.8 Å². The van der Waals surface area contributed by atoms with Crippen molar-refractivity contribution in [3.63, 3.8) is 0 Å². The van der Waals surface area contributed by atoms with E-state index in [4.69, 9.17) is 4.42 Å². The van der Waals surface area contributed by atoms with Gasteiger partial charge >= 0.3 is 0 Å². The summed E-state index contributed by atoms with van der Waals surface area (Å²) in [4.78, 5) is 28.8. The highest BCUT2D eigenvalue weighted by Crippen LogP contribution is 2.18. The average Bonchev–Trinajstić information content (AvgIpc) is 2.94. The first kappa shape index (κ1) is 18.0. The van der Waals surface area contributed by atoms with Crippen LogP contribution >= 0.6 is 0 Å². The van der Waals surface area contributed by atoms with E-state index >= 15 is 0 Å². The molecule has 138 valence electrons. The number of hydrogen-bond donors (Lipinski definition) is 1. The molecule has 6 nitrogen and oxygen atoms in total. The zero-order valence-electron chi connectivity index (χ0n) is 15.3. The second-order valence-corrected chi connectivity index (χ2v) is 7.30. The molecule has 1 aromatic heterocycles. The molecule has 0 aromatic carbocycles. The Labute approximate surface area is 149 Å². The summed E-state index contributed by atoms with van der Waals surface area (Å²) in [5, 5.41) is 3.16. The Balaban J connectivity index is 1.44. The molecule has 1 saturated heterocycles. The van der Waals surface area contributed by atoms with Crippen molar-refractivity contribution in [2.24, 2.45) is 0 Å². The van der Waals surface area contributed by atoms with E-state index in [2.05, 4.69) is 10.2 Å². The standard InChI is InChI=1S/C19H29N3O3/c1-14-12-17(15(2)25-14)19(24)22-10-8-21(9-11-22)13-18(23)20-16-6-4-3-5-7-16/h12,16H,3-11,13H2,1-2H3,(H,20,23). The van der Waals surface area contributed by atoms with Crippen LogP contribution in [-0.2, 0) is 4.79 Å². The van der Waals surface area contributed by atoms with Gasteiger partial charge in [0.1, 0.15) is 11.5 Å². The first-order valence-corrected chi connectivity index (χ1v) is 9.41. The fourth-order valence-electron chi connectivity index (χ4n) is 3.85. The molecule has 1 saturated carbocycles. The van der Waals surface area contributed by atoms with Crippen LogP contribution in [0.25, 0.3) is 0 Å². The van der Waals surface area contributed by atoms with E-state index in [9.17, 15) is 9.59 Å². The second-order valence-electron chi connectivity index (χ2n) is 7.30. The molecular weight excluding hydrogens is 318 g/mol. The van der Waals surface area contributed by atoms with Crippen LogP contribution in [0, 0.1) is 13.8 Å². The van der Waals surface area contributed by atoms with Gasteiger partial charge in [0.15, 0.2) is 0 Å². The third kappa shape index (κ3) is 4.63. The van der Waals surface area contributed by atoms with E-state index in [1.807, 2.05) is 24.8 Å². The molecule has 0 unspecified atom stereocenters. The Morgan fingerprint density at radius 2 is 1.80 bits per heavy atom. The number of nitrogens with zero attached hydrogens (tertiary/aromatic N) is 2. The lowest BCUT2D eigenvalue weighted by atomic mass is 9.95. The summed E-state index contributed by atoms with van der Waals surface area (Å²) in [6.45, 7) is 6.89. The number of aryl methyl sites for hydroxylation is 2. The molecule has 0 atom stereocenters. The van der Waals surface area contributed by atoms with Crippen LogP contribution in [0.5, 0.6) is 0 Å². The highest BCUT2D eigenvalue weighted by molar-refractivity contribution is 5.95. The second kappa shape index (κ2) is 8.04. The summed E-state index contributed by atoms with van der Waals surface area (Å²) in [6, 6.07) is 2.17. The van der Waals surface area contributed by atoms with Crippen LogP contribution in [0.1, 0.15) is 54.0 Å². The fourth-order valence-corrected chi connectivity index (χ4v) is 3.85. The molecule has 2 amide bonds. The minimum Gasteiger partial charge on any atom is -0.466 e. The van der Waals surface area contributed by atoms with Gasteiger partial charge in [0.25, 0.3) is 5.91 Å². The predicted molar refractivity (Wildman–Crippen MR) is 95.5 cm³/mol. The zero-order valence-corrected chi connectivity index (χ0v) is 15.3. The first-order valence-electron chi connectivity index (χ1n) is 9.41. The molecule has 2 aliphatic rings. The van der Waals surface area contributed by atoms with Crippen LogP contribution in [0.15, 0.2) is 10.5 Å². The van der Waals surface area contributed by atoms with Gasteiger partial charge in [0.2, 0.25) is 5.91 Å². The van der Waals surface area contributed by atoms with Crippen LogP contribution in [-0.4, -0.2) is 60.4 Å². The van der Waals surface area contributed by atoms with Crippen LogP contribution in [0.2, 0.25) is 0 Å². The number of carbonyl (C=O) groups excluding carboxylic acids is 2. The van der Waals surface area contributed by atoms with Gasteiger partial charge in [-0.1, -0.05) is 19.3 Å². The van der Waals surface area contributed by atoms with E-state index in [0.29, 0.717) is 37.0 Å². The largest absolute Gasteiger partial charge is 0.466 e. The van der Waals surface area contributed by atoms with Crippen molar-refractivity contribution in [2.75, 3.05) is 32.7 Å². The minimum absolute atomic E-state index is 0.0284. The van der Waals surface area contributed by atoms with E-state index in [1.54, 1.807) is 0 Å². The van der Waals surface area contributed by atoms with Crippen LogP contribution in [0.4, 0.5) is 0 Å². The molecule has 0 radical (unpaired) electrons. The molecule has 6 heteroatoms. The lowest BCUT2D eigenvalue weighted by Crippen LogP contribution is -2.52. The van der Waals surface area contributed by atoms with Crippen molar-refractivity contribution in [1.82, 2.24) is 15.1 Å². The highest BCUT2D eigenvalue weighted by Gasteiger charge is 2.26. The number of piperazine rings is 1. The maximum atomic E-state index is 12.6. The maximum absolute atomic E-state index is 12.6. The van der Waals surface area contributed by atoms with Gasteiger partial charge in [-0.3, -0.25) is 14.5 Å². The van der Waals surface area contributed by atoms with Gasteiger partial charge in [-0.15, -0.1) is 0 Å². The van der Waals surface area contributed by atoms with E-state index in [0.717, 1.165) is 31.7 Å². The van der Waals surface area contributed by atoms with Crippen LogP contribution < -0.4 is 5.32 Å². The Hall–Kier alpha value is -1.82. The number of carbonyl (C=O) groups is 2. The Kier molecular flexibility index (Phi) is 5.78. The number of amides is 2. The number of rotatable bonds is 4. The number of hydrogen-bond acceptors (Lipinski definition) is 4. The molecule has 1 aromatic rings. The third-order valence-corrected chi connectivity index (χ3v) is 5.27. The maximum Gasteiger partial charge on any atom is 0.257 e. The van der Waals surface area contributed by atoms with Crippen molar-refractivity contribution in [3.8, 4) is 0 Å². The molecule has 2 heterocycles. The van der Waals surface area contributed by atoms with Gasteiger partial charge in [-0.25, -0.2) is 0 Å². The summed E-state index contributed by atoms with van der Waals surface area (Å²) >= 11 is 0. The summed E-state index contributed by atoms with van der Waals surface area (Å²) in [5.41, 5.74) is 0.654. The Morgan fingerprint density at radius 3 is 2.40 bits per heavy atom. The SMILES string of the molecule is Cc1cc(C(=O)N2CCN(CC(=O)NC3CCCCC3)CC2)c(C)o1. The molecule has 1 N–H and O–H groups in total. The molecule has 25 heavy (non-hydrogen) atoms. The Morgan fingerprint density at radius 1 is 1.12 bits per heavy atom. The van der Waals surface area contributed by atoms with E-state index < -0.39 is 0 Å². The molecule has 1 aliphatic heterocycles. The summed E-state index contributed by atoms with van der Waals surface area (Å²) < 4.78 is 5.46. The average molecular weight is 347 g/mol. The lowest BCUT2D eigenvalue weighted by molar-refractivity contribution is -0.123. The predicted octanol–water partition coefficient (Wildman–Crippen LogP) is 2.10. The number of nitrogens with one attached hydrogen (secondary N) is 1. The van der Waals surface area contributed by atoms with Gasteiger partial charge in [-0.05, 0) is 32.8 Å². The summed E-state index contributed by atoms with van der Waals surface area (Å²) in [6.07, 6.45) is 5.95.